The molecular formula is C18H18FNO4. The van der Waals surface area contributed by atoms with Crippen LogP contribution in [0, 0.1) is 5.82 Å². The number of carbonyl (C=O) groups excluding carboxylic acids is 1. The molecule has 2 aromatic rings. The predicted molar refractivity (Wildman–Crippen MR) is 90.2 cm³/mol. The maximum absolute atomic E-state index is 13.5. The zero-order chi connectivity index (χ0) is 17.5. The second-order valence-electron chi connectivity index (χ2n) is 4.73. The van der Waals surface area contributed by atoms with Crippen molar-refractivity contribution < 1.29 is 23.4 Å². The third kappa shape index (κ3) is 3.84. The molecule has 0 unspecified atom stereocenters. The molecule has 126 valence electrons. The van der Waals surface area contributed by atoms with Gasteiger partial charge in [-0.15, -0.1) is 0 Å². The van der Waals surface area contributed by atoms with Crippen LogP contribution < -0.4 is 19.5 Å². The lowest BCUT2D eigenvalue weighted by Gasteiger charge is -2.14. The number of para-hydroxylation sites is 1. The topological polar surface area (TPSA) is 56.8 Å². The Labute approximate surface area is 139 Å². The van der Waals surface area contributed by atoms with Crippen molar-refractivity contribution in [3.63, 3.8) is 0 Å². The molecule has 1 amide bonds. The van der Waals surface area contributed by atoms with Gasteiger partial charge in [0.1, 0.15) is 5.82 Å². The molecule has 0 saturated heterocycles. The number of methoxy groups -OCH3 is 3. The summed E-state index contributed by atoms with van der Waals surface area (Å²) in [5.74, 6) is 0.422. The van der Waals surface area contributed by atoms with Crippen molar-refractivity contribution in [3.05, 3.63) is 53.9 Å². The van der Waals surface area contributed by atoms with Crippen molar-refractivity contribution in [2.45, 2.75) is 0 Å². The van der Waals surface area contributed by atoms with E-state index in [9.17, 15) is 9.18 Å². The summed E-state index contributed by atoms with van der Waals surface area (Å²) in [6, 6.07) is 9.38. The van der Waals surface area contributed by atoms with Gasteiger partial charge in [-0.05, 0) is 30.3 Å². The van der Waals surface area contributed by atoms with Gasteiger partial charge in [-0.2, -0.15) is 0 Å². The fourth-order valence-electron chi connectivity index (χ4n) is 2.16. The third-order valence-corrected chi connectivity index (χ3v) is 3.28. The first-order valence-corrected chi connectivity index (χ1v) is 7.13. The van der Waals surface area contributed by atoms with Crippen LogP contribution in [0.5, 0.6) is 17.2 Å². The van der Waals surface area contributed by atoms with Gasteiger partial charge in [-0.25, -0.2) is 4.39 Å². The Kier molecular flexibility index (Phi) is 5.78. The average Bonchev–Trinajstić information content (AvgIpc) is 2.60. The van der Waals surface area contributed by atoms with Gasteiger partial charge in [-0.3, -0.25) is 4.79 Å². The SMILES string of the molecule is COc1ccc(C=CC(=O)Nc2ccccc2F)c(OC)c1OC. The molecule has 0 aliphatic heterocycles. The van der Waals surface area contributed by atoms with E-state index in [1.54, 1.807) is 30.3 Å². The molecule has 2 aromatic carbocycles. The fraction of sp³-hybridized carbons (Fsp3) is 0.167. The Morgan fingerprint density at radius 3 is 2.33 bits per heavy atom. The van der Waals surface area contributed by atoms with Crippen LogP contribution in [0.2, 0.25) is 0 Å². The summed E-state index contributed by atoms with van der Waals surface area (Å²) in [7, 11) is 4.52. The number of hydrogen-bond donors (Lipinski definition) is 1. The molecule has 24 heavy (non-hydrogen) atoms. The summed E-state index contributed by atoms with van der Waals surface area (Å²) >= 11 is 0. The first-order chi connectivity index (χ1) is 11.6. The van der Waals surface area contributed by atoms with Crippen molar-refractivity contribution in [2.75, 3.05) is 26.6 Å². The van der Waals surface area contributed by atoms with Gasteiger partial charge in [0.25, 0.3) is 0 Å². The van der Waals surface area contributed by atoms with Crippen molar-refractivity contribution >= 4 is 17.7 Å². The highest BCUT2D eigenvalue weighted by atomic mass is 19.1. The third-order valence-electron chi connectivity index (χ3n) is 3.28. The zero-order valence-corrected chi connectivity index (χ0v) is 13.6. The fourth-order valence-corrected chi connectivity index (χ4v) is 2.16. The summed E-state index contributed by atoms with van der Waals surface area (Å²) in [6.07, 6.45) is 2.84. The molecule has 0 radical (unpaired) electrons. The second kappa shape index (κ2) is 8.01. The smallest absolute Gasteiger partial charge is 0.248 e. The van der Waals surface area contributed by atoms with Crippen LogP contribution in [-0.2, 0) is 4.79 Å². The Morgan fingerprint density at radius 2 is 1.71 bits per heavy atom. The van der Waals surface area contributed by atoms with Crippen LogP contribution in [-0.4, -0.2) is 27.2 Å². The van der Waals surface area contributed by atoms with E-state index in [4.69, 9.17) is 14.2 Å². The Hall–Kier alpha value is -3.02. The minimum atomic E-state index is -0.497. The van der Waals surface area contributed by atoms with Crippen molar-refractivity contribution in [3.8, 4) is 17.2 Å². The highest BCUT2D eigenvalue weighted by molar-refractivity contribution is 6.02. The molecule has 2 rings (SSSR count). The number of nitrogens with one attached hydrogen (secondary N) is 1. The highest BCUT2D eigenvalue weighted by Crippen LogP contribution is 2.40. The van der Waals surface area contributed by atoms with Crippen molar-refractivity contribution in [1.82, 2.24) is 0 Å². The minimum Gasteiger partial charge on any atom is -0.493 e. The van der Waals surface area contributed by atoms with Crippen LogP contribution in [0.25, 0.3) is 6.08 Å². The normalized spacial score (nSPS) is 10.5. The van der Waals surface area contributed by atoms with Crippen LogP contribution in [0.1, 0.15) is 5.56 Å². The predicted octanol–water partition coefficient (Wildman–Crippen LogP) is 3.50. The van der Waals surface area contributed by atoms with E-state index in [1.165, 1.54) is 39.5 Å². The van der Waals surface area contributed by atoms with E-state index < -0.39 is 11.7 Å². The van der Waals surface area contributed by atoms with Gasteiger partial charge in [-0.1, -0.05) is 12.1 Å². The lowest BCUT2D eigenvalue weighted by Crippen LogP contribution is -2.09. The molecule has 0 bridgehead atoms. The second-order valence-corrected chi connectivity index (χ2v) is 4.73. The number of rotatable bonds is 6. The van der Waals surface area contributed by atoms with E-state index in [0.29, 0.717) is 22.8 Å². The van der Waals surface area contributed by atoms with E-state index in [1.807, 2.05) is 0 Å². The minimum absolute atomic E-state index is 0.117. The maximum Gasteiger partial charge on any atom is 0.248 e. The summed E-state index contributed by atoms with van der Waals surface area (Å²) in [5.41, 5.74) is 0.741. The summed E-state index contributed by atoms with van der Waals surface area (Å²) in [6.45, 7) is 0. The van der Waals surface area contributed by atoms with Gasteiger partial charge in [0.15, 0.2) is 11.5 Å². The largest absolute Gasteiger partial charge is 0.493 e. The van der Waals surface area contributed by atoms with E-state index in [-0.39, 0.29) is 5.69 Å². The van der Waals surface area contributed by atoms with E-state index in [0.717, 1.165) is 0 Å². The number of ether oxygens (including phenoxy) is 3. The quantitative estimate of drug-likeness (QED) is 0.823. The monoisotopic (exact) mass is 331 g/mol. The van der Waals surface area contributed by atoms with Gasteiger partial charge >= 0.3 is 0 Å². The molecule has 0 aliphatic rings. The molecule has 1 N–H and O–H groups in total. The van der Waals surface area contributed by atoms with Crippen LogP contribution >= 0.6 is 0 Å². The molecule has 0 atom stereocenters. The summed E-state index contributed by atoms with van der Waals surface area (Å²) in [5, 5.41) is 2.47. The summed E-state index contributed by atoms with van der Waals surface area (Å²) in [4.78, 5) is 12.0. The number of amides is 1. The standard InChI is InChI=1S/C18H18FNO4/c1-22-15-10-8-12(17(23-2)18(15)24-3)9-11-16(21)20-14-7-5-4-6-13(14)19/h4-11H,1-3H3,(H,20,21). The molecule has 0 aliphatic carbocycles. The Bertz CT molecular complexity index is 759. The number of hydrogen-bond acceptors (Lipinski definition) is 4. The maximum atomic E-state index is 13.5. The molecule has 0 fully saturated rings. The molecule has 0 heterocycles. The van der Waals surface area contributed by atoms with Gasteiger partial charge < -0.3 is 19.5 Å². The van der Waals surface area contributed by atoms with Crippen LogP contribution in [0.15, 0.2) is 42.5 Å². The number of anilines is 1. The van der Waals surface area contributed by atoms with E-state index >= 15 is 0 Å². The average molecular weight is 331 g/mol. The number of halogens is 1. The van der Waals surface area contributed by atoms with Crippen LogP contribution in [0.4, 0.5) is 10.1 Å². The molecule has 6 heteroatoms. The number of benzene rings is 2. The van der Waals surface area contributed by atoms with E-state index in [2.05, 4.69) is 5.32 Å². The van der Waals surface area contributed by atoms with Crippen molar-refractivity contribution in [2.24, 2.45) is 0 Å². The molecule has 5 nitrogen and oxygen atoms in total. The lowest BCUT2D eigenvalue weighted by molar-refractivity contribution is -0.111. The first-order valence-electron chi connectivity index (χ1n) is 7.13. The van der Waals surface area contributed by atoms with Gasteiger partial charge in [0.05, 0.1) is 27.0 Å². The molecular weight excluding hydrogens is 313 g/mol. The Morgan fingerprint density at radius 1 is 1.00 bits per heavy atom. The Balaban J connectivity index is 2.22. The van der Waals surface area contributed by atoms with Crippen LogP contribution in [0.3, 0.4) is 0 Å². The summed E-state index contributed by atoms with van der Waals surface area (Å²) < 4.78 is 29.3. The highest BCUT2D eigenvalue weighted by Gasteiger charge is 2.14. The zero-order valence-electron chi connectivity index (χ0n) is 13.6. The molecule has 0 aromatic heterocycles. The number of carbonyl (C=O) groups is 1. The van der Waals surface area contributed by atoms with Gasteiger partial charge in [0, 0.05) is 11.6 Å². The molecule has 0 spiro atoms. The van der Waals surface area contributed by atoms with Gasteiger partial charge in [0.2, 0.25) is 11.7 Å². The first kappa shape index (κ1) is 17.3. The van der Waals surface area contributed by atoms with Crippen molar-refractivity contribution in [1.29, 1.82) is 0 Å². The lowest BCUT2D eigenvalue weighted by atomic mass is 10.1. The molecule has 0 saturated carbocycles.